The fourth-order valence-corrected chi connectivity index (χ4v) is 10.1. The number of rotatable bonds is 12. The first kappa shape index (κ1) is 52.5. The van der Waals surface area contributed by atoms with Gasteiger partial charge in [0.2, 0.25) is 0 Å². The van der Waals surface area contributed by atoms with Gasteiger partial charge in [-0.05, 0) is 84.3 Å². The van der Waals surface area contributed by atoms with Gasteiger partial charge in [0.05, 0.1) is 24.5 Å². The molecule has 0 unspecified atom stereocenters. The number of alkyl carbamates (subject to hydrolysis) is 2. The van der Waals surface area contributed by atoms with Crippen LogP contribution < -0.4 is 10.6 Å². The Labute approximate surface area is 404 Å². The number of pyridine rings is 1. The average Bonchev–Trinajstić information content (AvgIpc) is 3.64. The molecule has 1 aromatic carbocycles. The molecular formula is C51H68N6O12. The number of hydrogen-bond acceptors (Lipinski definition) is 16. The van der Waals surface area contributed by atoms with Gasteiger partial charge in [-0.1, -0.05) is 70.2 Å². The van der Waals surface area contributed by atoms with Gasteiger partial charge in [-0.2, -0.15) is 0 Å². The fourth-order valence-electron chi connectivity index (χ4n) is 10.1. The van der Waals surface area contributed by atoms with Crippen LogP contribution in [0, 0.1) is 23.7 Å². The third-order valence-corrected chi connectivity index (χ3v) is 13.7. The molecule has 3 fully saturated rings. The van der Waals surface area contributed by atoms with Crippen LogP contribution in [0.1, 0.15) is 85.8 Å². The minimum absolute atomic E-state index is 0.0353. The van der Waals surface area contributed by atoms with Crippen molar-refractivity contribution in [1.29, 1.82) is 0 Å². The molecule has 69 heavy (non-hydrogen) atoms. The molecule has 3 saturated heterocycles. The van der Waals surface area contributed by atoms with E-state index in [-0.39, 0.29) is 31.6 Å². The van der Waals surface area contributed by atoms with Crippen molar-refractivity contribution in [3.63, 3.8) is 0 Å². The summed E-state index contributed by atoms with van der Waals surface area (Å²) in [5, 5.41) is 17.5. The Balaban J connectivity index is 1.40. The number of nitrogens with one attached hydrogen (secondary N) is 2. The summed E-state index contributed by atoms with van der Waals surface area (Å²) >= 11 is 0. The van der Waals surface area contributed by atoms with Crippen LogP contribution in [-0.4, -0.2) is 136 Å². The maximum atomic E-state index is 14.7. The van der Waals surface area contributed by atoms with E-state index in [9.17, 15) is 29.1 Å². The number of benzene rings is 1. The number of carbonyl (C=O) groups is 5. The number of aliphatic hydroxyl groups excluding tert-OH is 1. The van der Waals surface area contributed by atoms with Crippen LogP contribution in [0.2, 0.25) is 0 Å². The molecule has 0 aliphatic carbocycles. The summed E-state index contributed by atoms with van der Waals surface area (Å²) in [7, 11) is 3.67. The number of carbonyl (C=O) groups excluding carboxylic acids is 5. The Morgan fingerprint density at radius 1 is 0.986 bits per heavy atom. The highest BCUT2D eigenvalue weighted by Crippen LogP contribution is 2.42. The van der Waals surface area contributed by atoms with Crippen molar-refractivity contribution in [1.82, 2.24) is 30.5 Å². The molecule has 6 rings (SSSR count). The summed E-state index contributed by atoms with van der Waals surface area (Å²) in [6.07, 6.45) is 2.09. The van der Waals surface area contributed by atoms with Crippen LogP contribution in [0.4, 0.5) is 9.59 Å². The van der Waals surface area contributed by atoms with Crippen LogP contribution in [0.15, 0.2) is 73.3 Å². The van der Waals surface area contributed by atoms with Gasteiger partial charge >= 0.3 is 24.1 Å². The standard InChI is InChI=1S/C51H68N6O12/c1-11-38-51(8)43(56-49(63)69-51)31(4)40(59)29(2)27-50(7,68-48(62)55-22-13-15-34-17-19-36(20-18-34)45-53-23-14-24-54-45)44(67-47-41(60)37(57(9)10)25-30(3)64-47)32(5)42(33(6)46(61)65-38)66-39(58)26-35-16-12-21-52-28-35/h12-21,23-24,28-33,37-38,41-44,47,60H,11,22,25-27H2,1-10H3,(H,55,62)(H,56,63)/t29-,30-,31+,32+,33-,37+,38-,41-,42+,43-,44-,47+,50-,51-/m1/s1. The predicted octanol–water partition coefficient (Wildman–Crippen LogP) is 5.71. The van der Waals surface area contributed by atoms with E-state index in [1.807, 2.05) is 56.3 Å². The summed E-state index contributed by atoms with van der Waals surface area (Å²) in [6, 6.07) is 11.4. The van der Waals surface area contributed by atoms with Gasteiger partial charge in [0.15, 0.2) is 17.7 Å². The van der Waals surface area contributed by atoms with E-state index in [1.54, 1.807) is 91.3 Å². The van der Waals surface area contributed by atoms with E-state index < -0.39 is 108 Å². The molecule has 2 amide bonds. The van der Waals surface area contributed by atoms with E-state index in [2.05, 4.69) is 25.6 Å². The predicted molar refractivity (Wildman–Crippen MR) is 253 cm³/mol. The smallest absolute Gasteiger partial charge is 0.408 e. The SMILES string of the molecule is CC[C@H]1OC(=O)[C@H](C)[C@@H](OC(=O)Cc2cccnc2)[C@H](C)[C@@H](O[C@@H]2O[C@H](C)C[C@H](N(C)C)[C@H]2O)[C@](C)(OC(=O)NCC=Cc2ccc(-c3ncccn3)cc2)C[C@@H](C)C(=O)[C@H](C)[C@H]2NC(=O)O[C@@]21C. The van der Waals surface area contributed by atoms with Crippen molar-refractivity contribution in [3.05, 3.63) is 84.5 Å². The molecular weight excluding hydrogens is 889 g/mol. The van der Waals surface area contributed by atoms with Gasteiger partial charge in [-0.3, -0.25) is 19.4 Å². The summed E-state index contributed by atoms with van der Waals surface area (Å²) in [5.74, 6) is -5.20. The van der Waals surface area contributed by atoms with Crippen molar-refractivity contribution in [2.24, 2.45) is 23.7 Å². The molecule has 18 nitrogen and oxygen atoms in total. The van der Waals surface area contributed by atoms with Crippen molar-refractivity contribution in [2.75, 3.05) is 20.6 Å². The summed E-state index contributed by atoms with van der Waals surface area (Å²) in [4.78, 5) is 85.1. The number of hydrogen-bond donors (Lipinski definition) is 3. The maximum absolute atomic E-state index is 14.7. The molecule has 0 saturated carbocycles. The number of esters is 2. The first-order chi connectivity index (χ1) is 32.7. The lowest BCUT2D eigenvalue weighted by atomic mass is 9.73. The second-order valence-electron chi connectivity index (χ2n) is 19.3. The molecule has 0 spiro atoms. The van der Waals surface area contributed by atoms with E-state index in [1.165, 1.54) is 6.20 Å². The Bertz CT molecular complexity index is 2270. The zero-order chi connectivity index (χ0) is 50.2. The normalized spacial score (nSPS) is 33.4. The van der Waals surface area contributed by atoms with Crippen molar-refractivity contribution < 1.29 is 57.5 Å². The van der Waals surface area contributed by atoms with Gasteiger partial charge in [-0.25, -0.2) is 19.6 Å². The molecule has 3 aliphatic rings. The van der Waals surface area contributed by atoms with Gasteiger partial charge in [0.25, 0.3) is 0 Å². The lowest BCUT2D eigenvalue weighted by molar-refractivity contribution is -0.298. The molecule has 3 aliphatic heterocycles. The molecule has 374 valence electrons. The molecule has 3 N–H and O–H groups in total. The number of amides is 2. The molecule has 2 aromatic heterocycles. The largest absolute Gasteiger partial charge is 0.461 e. The number of aliphatic hydroxyl groups is 1. The van der Waals surface area contributed by atoms with Crippen LogP contribution >= 0.6 is 0 Å². The number of aromatic nitrogens is 3. The highest BCUT2D eigenvalue weighted by atomic mass is 16.7. The number of ether oxygens (including phenoxy) is 6. The number of fused-ring (bicyclic) bond motifs is 1. The van der Waals surface area contributed by atoms with Crippen LogP contribution in [0.3, 0.4) is 0 Å². The quantitative estimate of drug-likeness (QED) is 0.146. The lowest BCUT2D eigenvalue weighted by Crippen LogP contribution is -2.61. The minimum Gasteiger partial charge on any atom is -0.461 e. The lowest BCUT2D eigenvalue weighted by Gasteiger charge is -2.48. The van der Waals surface area contributed by atoms with Crippen LogP contribution in [0.25, 0.3) is 17.5 Å². The van der Waals surface area contributed by atoms with Gasteiger partial charge in [-0.15, -0.1) is 0 Å². The van der Waals surface area contributed by atoms with E-state index in [0.717, 1.165) is 11.1 Å². The number of nitrogens with zero attached hydrogens (tertiary/aromatic N) is 4. The van der Waals surface area contributed by atoms with Gasteiger partial charge in [0, 0.05) is 60.7 Å². The monoisotopic (exact) mass is 956 g/mol. The third-order valence-electron chi connectivity index (χ3n) is 13.7. The Kier molecular flexibility index (Phi) is 17.3. The number of likely N-dealkylation sites (N-methyl/N-ethyl adjacent to an activating group) is 1. The average molecular weight is 957 g/mol. The zero-order valence-electron chi connectivity index (χ0n) is 41.2. The maximum Gasteiger partial charge on any atom is 0.408 e. The van der Waals surface area contributed by atoms with Crippen LogP contribution in [-0.2, 0) is 49.2 Å². The molecule has 5 heterocycles. The number of ketones is 1. The topological polar surface area (TPSA) is 227 Å². The molecule has 0 bridgehead atoms. The first-order valence-corrected chi connectivity index (χ1v) is 23.7. The highest BCUT2D eigenvalue weighted by Gasteiger charge is 2.58. The molecule has 14 atom stereocenters. The Morgan fingerprint density at radius 2 is 1.70 bits per heavy atom. The second-order valence-corrected chi connectivity index (χ2v) is 19.3. The fraction of sp³-hybridized carbons (Fsp3) is 0.569. The van der Waals surface area contributed by atoms with Crippen molar-refractivity contribution >= 4 is 36.0 Å². The Hall–Kier alpha value is -5.82. The first-order valence-electron chi connectivity index (χ1n) is 23.7. The van der Waals surface area contributed by atoms with Crippen molar-refractivity contribution in [3.8, 4) is 11.4 Å². The van der Waals surface area contributed by atoms with E-state index >= 15 is 0 Å². The van der Waals surface area contributed by atoms with E-state index in [0.29, 0.717) is 17.8 Å². The van der Waals surface area contributed by atoms with Gasteiger partial charge in [0.1, 0.15) is 35.8 Å². The number of cyclic esters (lactones) is 1. The molecule has 0 radical (unpaired) electrons. The highest BCUT2D eigenvalue weighted by molar-refractivity contribution is 5.85. The van der Waals surface area contributed by atoms with Gasteiger partial charge < -0.3 is 49.1 Å². The van der Waals surface area contributed by atoms with E-state index in [4.69, 9.17) is 28.4 Å². The zero-order valence-corrected chi connectivity index (χ0v) is 41.2. The second kappa shape index (κ2) is 22.7. The summed E-state index contributed by atoms with van der Waals surface area (Å²) < 4.78 is 38.0. The molecule has 18 heteroatoms. The summed E-state index contributed by atoms with van der Waals surface area (Å²) in [6.45, 7) is 13.5. The third kappa shape index (κ3) is 12.5. The number of Topliss-reactive ketones (excluding diaryl/α,β-unsaturated/α-hetero) is 1. The van der Waals surface area contributed by atoms with Crippen LogP contribution in [0.5, 0.6) is 0 Å². The minimum atomic E-state index is -1.78. The summed E-state index contributed by atoms with van der Waals surface area (Å²) in [5.41, 5.74) is -1.01. The Morgan fingerprint density at radius 3 is 2.35 bits per heavy atom. The molecule has 3 aromatic rings. The van der Waals surface area contributed by atoms with Crippen molar-refractivity contribution in [2.45, 2.75) is 141 Å².